The van der Waals surface area contributed by atoms with Gasteiger partial charge in [-0.3, -0.25) is 4.79 Å². The Kier molecular flexibility index (Phi) is 6.51. The van der Waals surface area contributed by atoms with E-state index in [0.29, 0.717) is 12.8 Å². The van der Waals surface area contributed by atoms with Crippen molar-refractivity contribution in [2.75, 3.05) is 0 Å². The fraction of sp³-hybridized carbons (Fsp3) is 0.769. The van der Waals surface area contributed by atoms with Gasteiger partial charge in [0.2, 0.25) is 0 Å². The molecule has 4 heteroatoms. The average Bonchev–Trinajstić information content (AvgIpc) is 2.76. The Bertz CT molecular complexity index is 333. The molecule has 1 aromatic rings. The second-order valence-corrected chi connectivity index (χ2v) is 4.37. The molecule has 0 unspecified atom stereocenters. The van der Waals surface area contributed by atoms with Crippen LogP contribution in [-0.4, -0.2) is 20.5 Å². The van der Waals surface area contributed by atoms with Crippen LogP contribution in [0, 0.1) is 0 Å². The molecule has 0 aliphatic heterocycles. The molecule has 17 heavy (non-hydrogen) atoms. The van der Waals surface area contributed by atoms with Crippen LogP contribution >= 0.6 is 0 Å². The fourth-order valence-electron chi connectivity index (χ4n) is 1.88. The van der Waals surface area contributed by atoms with E-state index in [2.05, 4.69) is 17.0 Å². The third-order valence-electron chi connectivity index (χ3n) is 2.91. The molecule has 0 aromatic carbocycles. The number of ketones is 1. The first kappa shape index (κ1) is 13.9. The molecule has 1 rings (SSSR count). The lowest BCUT2D eigenvalue weighted by Gasteiger charge is -2.02. The van der Waals surface area contributed by atoms with Crippen molar-refractivity contribution >= 4 is 5.78 Å². The van der Waals surface area contributed by atoms with Gasteiger partial charge in [0.15, 0.2) is 0 Å². The maximum absolute atomic E-state index is 11.7. The summed E-state index contributed by atoms with van der Waals surface area (Å²) in [5.41, 5.74) is 0. The lowest BCUT2D eigenvalue weighted by molar-refractivity contribution is -0.118. The lowest BCUT2D eigenvalue weighted by Crippen LogP contribution is -2.10. The highest BCUT2D eigenvalue weighted by Gasteiger charge is 2.08. The lowest BCUT2D eigenvalue weighted by atomic mass is 10.1. The van der Waals surface area contributed by atoms with Crippen molar-refractivity contribution in [3.63, 3.8) is 0 Å². The Morgan fingerprint density at radius 2 is 2.00 bits per heavy atom. The summed E-state index contributed by atoms with van der Waals surface area (Å²) >= 11 is 0. The SMILES string of the molecule is CCCCCCCC(=O)Cc1ncnn1CC. The van der Waals surface area contributed by atoms with Gasteiger partial charge in [-0.05, 0) is 13.3 Å². The summed E-state index contributed by atoms with van der Waals surface area (Å²) in [6, 6.07) is 0. The van der Waals surface area contributed by atoms with Crippen LogP contribution in [-0.2, 0) is 17.8 Å². The van der Waals surface area contributed by atoms with Crippen LogP contribution in [0.3, 0.4) is 0 Å². The minimum atomic E-state index is 0.282. The van der Waals surface area contributed by atoms with Crippen LogP contribution in [0.1, 0.15) is 58.2 Å². The quantitative estimate of drug-likeness (QED) is 0.620. The Hall–Kier alpha value is -1.19. The van der Waals surface area contributed by atoms with Gasteiger partial charge in [-0.2, -0.15) is 5.10 Å². The van der Waals surface area contributed by atoms with Gasteiger partial charge in [0.1, 0.15) is 17.9 Å². The number of carbonyl (C=O) groups excluding carboxylic acids is 1. The van der Waals surface area contributed by atoms with Gasteiger partial charge in [-0.25, -0.2) is 9.67 Å². The van der Waals surface area contributed by atoms with Crippen molar-refractivity contribution in [2.24, 2.45) is 0 Å². The zero-order chi connectivity index (χ0) is 12.5. The molecule has 0 aliphatic carbocycles. The summed E-state index contributed by atoms with van der Waals surface area (Å²) in [7, 11) is 0. The normalized spacial score (nSPS) is 10.7. The highest BCUT2D eigenvalue weighted by Crippen LogP contribution is 2.07. The minimum absolute atomic E-state index is 0.282. The van der Waals surface area contributed by atoms with E-state index in [-0.39, 0.29) is 5.78 Å². The van der Waals surface area contributed by atoms with Gasteiger partial charge in [0.05, 0.1) is 6.42 Å². The number of rotatable bonds is 9. The molecule has 1 aromatic heterocycles. The topological polar surface area (TPSA) is 47.8 Å². The van der Waals surface area contributed by atoms with Gasteiger partial charge in [-0.1, -0.05) is 32.6 Å². The van der Waals surface area contributed by atoms with Gasteiger partial charge in [0.25, 0.3) is 0 Å². The zero-order valence-electron chi connectivity index (χ0n) is 11.0. The van der Waals surface area contributed by atoms with Crippen LogP contribution < -0.4 is 0 Å². The van der Waals surface area contributed by atoms with Crippen molar-refractivity contribution < 1.29 is 4.79 Å². The summed E-state index contributed by atoms with van der Waals surface area (Å²) in [6.45, 7) is 4.98. The Morgan fingerprint density at radius 3 is 2.71 bits per heavy atom. The van der Waals surface area contributed by atoms with Crippen LogP contribution in [0.15, 0.2) is 6.33 Å². The average molecular weight is 237 g/mol. The van der Waals surface area contributed by atoms with Gasteiger partial charge in [-0.15, -0.1) is 0 Å². The summed E-state index contributed by atoms with van der Waals surface area (Å²) in [5, 5.41) is 4.06. The molecule has 0 radical (unpaired) electrons. The van der Waals surface area contributed by atoms with Crippen LogP contribution in [0.25, 0.3) is 0 Å². The monoisotopic (exact) mass is 237 g/mol. The number of Topliss-reactive ketones (excluding diaryl/α,β-unsaturated/α-hetero) is 1. The highest BCUT2D eigenvalue weighted by atomic mass is 16.1. The number of unbranched alkanes of at least 4 members (excludes halogenated alkanes) is 4. The van der Waals surface area contributed by atoms with E-state index in [4.69, 9.17) is 0 Å². The molecule has 0 atom stereocenters. The summed E-state index contributed by atoms with van der Waals surface area (Å²) in [4.78, 5) is 15.8. The van der Waals surface area contributed by atoms with E-state index in [1.807, 2.05) is 6.92 Å². The van der Waals surface area contributed by atoms with Crippen LogP contribution in [0.4, 0.5) is 0 Å². The van der Waals surface area contributed by atoms with E-state index in [1.165, 1.54) is 32.0 Å². The fourth-order valence-corrected chi connectivity index (χ4v) is 1.88. The molecule has 0 aliphatic rings. The molecule has 0 amide bonds. The maximum Gasteiger partial charge on any atom is 0.140 e. The molecular weight excluding hydrogens is 214 g/mol. The molecule has 0 saturated carbocycles. The standard InChI is InChI=1S/C13H23N3O/c1-3-5-6-7-8-9-12(17)10-13-14-11-15-16(13)4-2/h11H,3-10H2,1-2H3. The Morgan fingerprint density at radius 1 is 1.24 bits per heavy atom. The van der Waals surface area contributed by atoms with Gasteiger partial charge < -0.3 is 0 Å². The zero-order valence-corrected chi connectivity index (χ0v) is 11.0. The third-order valence-corrected chi connectivity index (χ3v) is 2.91. The van der Waals surface area contributed by atoms with Gasteiger partial charge in [0, 0.05) is 13.0 Å². The van der Waals surface area contributed by atoms with Crippen LogP contribution in [0.2, 0.25) is 0 Å². The number of nitrogens with zero attached hydrogens (tertiary/aromatic N) is 3. The molecule has 4 nitrogen and oxygen atoms in total. The van der Waals surface area contributed by atoms with E-state index in [9.17, 15) is 4.79 Å². The maximum atomic E-state index is 11.7. The Labute approximate surface area is 103 Å². The minimum Gasteiger partial charge on any atom is -0.299 e. The summed E-state index contributed by atoms with van der Waals surface area (Å²) < 4.78 is 1.79. The smallest absolute Gasteiger partial charge is 0.140 e. The number of aryl methyl sites for hydroxylation is 1. The van der Waals surface area contributed by atoms with Gasteiger partial charge >= 0.3 is 0 Å². The first-order valence-corrected chi connectivity index (χ1v) is 6.66. The van der Waals surface area contributed by atoms with Crippen LogP contribution in [0.5, 0.6) is 0 Å². The molecule has 0 bridgehead atoms. The second kappa shape index (κ2) is 7.98. The molecule has 0 N–H and O–H groups in total. The van der Waals surface area contributed by atoms with E-state index < -0.39 is 0 Å². The molecule has 0 saturated heterocycles. The van der Waals surface area contributed by atoms with Crippen molar-refractivity contribution in [2.45, 2.75) is 65.3 Å². The molecule has 0 fully saturated rings. The molecule has 96 valence electrons. The molecule has 1 heterocycles. The van der Waals surface area contributed by atoms with Crippen molar-refractivity contribution in [1.82, 2.24) is 14.8 Å². The highest BCUT2D eigenvalue weighted by molar-refractivity contribution is 5.80. The molecule has 0 spiro atoms. The Balaban J connectivity index is 2.21. The van der Waals surface area contributed by atoms with E-state index in [1.54, 1.807) is 4.68 Å². The third kappa shape index (κ3) is 5.11. The second-order valence-electron chi connectivity index (χ2n) is 4.37. The predicted molar refractivity (Wildman–Crippen MR) is 67.8 cm³/mol. The number of aromatic nitrogens is 3. The first-order valence-electron chi connectivity index (χ1n) is 6.66. The van der Waals surface area contributed by atoms with Crippen molar-refractivity contribution in [3.8, 4) is 0 Å². The van der Waals surface area contributed by atoms with E-state index >= 15 is 0 Å². The van der Waals surface area contributed by atoms with E-state index in [0.717, 1.165) is 18.8 Å². The summed E-state index contributed by atoms with van der Waals surface area (Å²) in [5.74, 6) is 1.08. The number of carbonyl (C=O) groups is 1. The largest absolute Gasteiger partial charge is 0.299 e. The van der Waals surface area contributed by atoms with Crippen molar-refractivity contribution in [1.29, 1.82) is 0 Å². The summed E-state index contributed by atoms with van der Waals surface area (Å²) in [6.07, 6.45) is 8.58. The predicted octanol–water partition coefficient (Wildman–Crippen LogP) is 2.77. The first-order chi connectivity index (χ1) is 8.27. The molecular formula is C13H23N3O. The number of hydrogen-bond acceptors (Lipinski definition) is 3. The number of hydrogen-bond donors (Lipinski definition) is 0. The van der Waals surface area contributed by atoms with Crippen molar-refractivity contribution in [3.05, 3.63) is 12.2 Å².